The van der Waals surface area contributed by atoms with Crippen LogP contribution in [0.4, 0.5) is 0 Å². The minimum absolute atomic E-state index is 0.309. The molecule has 2 heterocycles. The van der Waals surface area contributed by atoms with Gasteiger partial charge in [-0.2, -0.15) is 5.10 Å². The maximum absolute atomic E-state index is 12.2. The lowest BCUT2D eigenvalue weighted by molar-refractivity contribution is -0.124. The monoisotopic (exact) mass is 387 g/mol. The summed E-state index contributed by atoms with van der Waals surface area (Å²) in [5.41, 5.74) is 1.86. The summed E-state index contributed by atoms with van der Waals surface area (Å²) in [6.07, 6.45) is 0.631. The van der Waals surface area contributed by atoms with Crippen LogP contribution in [0.3, 0.4) is 0 Å². The smallest absolute Gasteiger partial charge is 0.348 e. The van der Waals surface area contributed by atoms with Gasteiger partial charge in [-0.05, 0) is 31.0 Å². The van der Waals surface area contributed by atoms with Crippen molar-refractivity contribution < 1.29 is 19.1 Å². The Morgan fingerprint density at radius 1 is 1.30 bits per heavy atom. The number of rotatable bonds is 7. The topological polar surface area (TPSA) is 82.4 Å². The van der Waals surface area contributed by atoms with Gasteiger partial charge in [0.25, 0.3) is 5.91 Å². The average molecular weight is 387 g/mol. The largest absolute Gasteiger partial charge is 0.496 e. The number of esters is 1. The van der Waals surface area contributed by atoms with Gasteiger partial charge in [-0.15, -0.1) is 11.3 Å². The van der Waals surface area contributed by atoms with Gasteiger partial charge in [0.15, 0.2) is 6.61 Å². The first-order valence-electron chi connectivity index (χ1n) is 8.48. The molecule has 0 fully saturated rings. The van der Waals surface area contributed by atoms with E-state index in [1.165, 1.54) is 11.3 Å². The number of ether oxygens (including phenoxy) is 2. The molecule has 0 aliphatic carbocycles. The fourth-order valence-corrected chi connectivity index (χ4v) is 3.82. The van der Waals surface area contributed by atoms with E-state index in [-0.39, 0.29) is 12.5 Å². The van der Waals surface area contributed by atoms with Gasteiger partial charge in [-0.1, -0.05) is 18.2 Å². The molecule has 27 heavy (non-hydrogen) atoms. The lowest BCUT2D eigenvalue weighted by Crippen LogP contribution is -2.30. The van der Waals surface area contributed by atoms with Crippen molar-refractivity contribution >= 4 is 33.4 Å². The summed E-state index contributed by atoms with van der Waals surface area (Å²) in [4.78, 5) is 25.5. The van der Waals surface area contributed by atoms with Gasteiger partial charge in [0, 0.05) is 19.0 Å². The predicted octanol–water partition coefficient (Wildman–Crippen LogP) is 2.47. The molecule has 7 nitrogen and oxygen atoms in total. The Hall–Kier alpha value is -2.87. The molecule has 8 heteroatoms. The summed E-state index contributed by atoms with van der Waals surface area (Å²) in [7, 11) is 3.44. The maximum atomic E-state index is 12.2. The molecule has 0 unspecified atom stereocenters. The zero-order valence-electron chi connectivity index (χ0n) is 15.4. The lowest BCUT2D eigenvalue weighted by Gasteiger charge is -2.09. The number of nitrogens with one attached hydrogen (secondary N) is 1. The van der Waals surface area contributed by atoms with Crippen molar-refractivity contribution in [3.05, 3.63) is 46.5 Å². The highest BCUT2D eigenvalue weighted by molar-refractivity contribution is 7.20. The standard InChI is InChI=1S/C19H21N3O4S/c1-12-14-10-16(27-18(14)22(2)21-12)19(24)26-11-17(23)20-9-8-13-6-4-5-7-15(13)25-3/h4-7,10H,8-9,11H2,1-3H3,(H,20,23). The highest BCUT2D eigenvalue weighted by atomic mass is 32.1. The molecule has 142 valence electrons. The number of benzene rings is 1. The Morgan fingerprint density at radius 2 is 2.07 bits per heavy atom. The van der Waals surface area contributed by atoms with E-state index in [0.717, 1.165) is 27.2 Å². The molecule has 1 amide bonds. The number of nitrogens with zero attached hydrogens (tertiary/aromatic N) is 2. The van der Waals surface area contributed by atoms with E-state index in [9.17, 15) is 9.59 Å². The Morgan fingerprint density at radius 3 is 2.81 bits per heavy atom. The summed E-state index contributed by atoms with van der Waals surface area (Å²) < 4.78 is 12.1. The second-order valence-electron chi connectivity index (χ2n) is 6.03. The normalized spacial score (nSPS) is 10.8. The van der Waals surface area contributed by atoms with Gasteiger partial charge in [0.1, 0.15) is 15.5 Å². The highest BCUT2D eigenvalue weighted by Crippen LogP contribution is 2.28. The van der Waals surface area contributed by atoms with Gasteiger partial charge < -0.3 is 14.8 Å². The van der Waals surface area contributed by atoms with Gasteiger partial charge in [-0.3, -0.25) is 9.48 Å². The number of carbonyl (C=O) groups is 2. The maximum Gasteiger partial charge on any atom is 0.348 e. The summed E-state index contributed by atoms with van der Waals surface area (Å²) in [5, 5.41) is 7.97. The summed E-state index contributed by atoms with van der Waals surface area (Å²) in [5.74, 6) is -0.0552. The van der Waals surface area contributed by atoms with E-state index in [2.05, 4.69) is 10.4 Å². The molecule has 1 aromatic carbocycles. The molecule has 2 aromatic heterocycles. The number of hydrogen-bond donors (Lipinski definition) is 1. The van der Waals surface area contributed by atoms with E-state index in [4.69, 9.17) is 9.47 Å². The van der Waals surface area contributed by atoms with Crippen molar-refractivity contribution in [2.45, 2.75) is 13.3 Å². The first-order valence-corrected chi connectivity index (χ1v) is 9.30. The van der Waals surface area contributed by atoms with E-state index in [1.807, 2.05) is 38.2 Å². The first-order chi connectivity index (χ1) is 13.0. The molecule has 0 saturated heterocycles. The molecule has 0 spiro atoms. The molecule has 0 aliphatic heterocycles. The third kappa shape index (κ3) is 4.28. The van der Waals surface area contributed by atoms with E-state index < -0.39 is 5.97 Å². The molecule has 0 aliphatic rings. The fourth-order valence-electron chi connectivity index (χ4n) is 2.81. The molecule has 3 aromatic rings. The van der Waals surface area contributed by atoms with Crippen molar-refractivity contribution in [3.8, 4) is 5.75 Å². The summed E-state index contributed by atoms with van der Waals surface area (Å²) in [6, 6.07) is 9.39. The van der Waals surface area contributed by atoms with Crippen molar-refractivity contribution in [2.24, 2.45) is 7.05 Å². The third-order valence-electron chi connectivity index (χ3n) is 4.14. The number of thiophene rings is 1. The van der Waals surface area contributed by atoms with Crippen molar-refractivity contribution in [1.82, 2.24) is 15.1 Å². The van der Waals surface area contributed by atoms with E-state index >= 15 is 0 Å². The first kappa shape index (κ1) is 18.9. The Balaban J connectivity index is 1.48. The number of fused-ring (bicyclic) bond motifs is 1. The number of aromatic nitrogens is 2. The zero-order valence-corrected chi connectivity index (χ0v) is 16.3. The molecule has 0 radical (unpaired) electrons. The van der Waals surface area contributed by atoms with Crippen molar-refractivity contribution in [3.63, 3.8) is 0 Å². The minimum atomic E-state index is -0.504. The van der Waals surface area contributed by atoms with E-state index in [0.29, 0.717) is 17.8 Å². The van der Waals surface area contributed by atoms with Crippen LogP contribution in [0.1, 0.15) is 20.9 Å². The van der Waals surface area contributed by atoms with Crippen LogP contribution >= 0.6 is 11.3 Å². The Kier molecular flexibility index (Phi) is 5.75. The molecular weight excluding hydrogens is 366 g/mol. The number of carbonyl (C=O) groups excluding carboxylic acids is 2. The van der Waals surface area contributed by atoms with E-state index in [1.54, 1.807) is 17.9 Å². The molecule has 0 saturated carbocycles. The second-order valence-corrected chi connectivity index (χ2v) is 7.06. The average Bonchev–Trinajstić information content (AvgIpc) is 3.22. The Labute approximate surface area is 160 Å². The van der Waals surface area contributed by atoms with Crippen LogP contribution in [0, 0.1) is 6.92 Å². The van der Waals surface area contributed by atoms with Gasteiger partial charge in [-0.25, -0.2) is 4.79 Å². The zero-order chi connectivity index (χ0) is 19.4. The van der Waals surface area contributed by atoms with Gasteiger partial charge in [0.05, 0.1) is 12.8 Å². The fraction of sp³-hybridized carbons (Fsp3) is 0.316. The molecular formula is C19H21N3O4S. The summed E-state index contributed by atoms with van der Waals surface area (Å²) in [6.45, 7) is 2.01. The SMILES string of the molecule is COc1ccccc1CCNC(=O)COC(=O)c1cc2c(C)nn(C)c2s1. The van der Waals surface area contributed by atoms with Crippen LogP contribution < -0.4 is 10.1 Å². The number of para-hydroxylation sites is 1. The van der Waals surface area contributed by atoms with Crippen LogP contribution in [-0.4, -0.2) is 41.9 Å². The van der Waals surface area contributed by atoms with Crippen molar-refractivity contribution in [1.29, 1.82) is 0 Å². The van der Waals surface area contributed by atoms with Crippen LogP contribution in [0.15, 0.2) is 30.3 Å². The number of hydrogen-bond acceptors (Lipinski definition) is 6. The number of aryl methyl sites for hydroxylation is 2. The minimum Gasteiger partial charge on any atom is -0.496 e. The molecule has 0 bridgehead atoms. The van der Waals surface area contributed by atoms with Gasteiger partial charge in [0.2, 0.25) is 0 Å². The third-order valence-corrected chi connectivity index (χ3v) is 5.32. The lowest BCUT2D eigenvalue weighted by atomic mass is 10.1. The predicted molar refractivity (Wildman–Crippen MR) is 103 cm³/mol. The molecule has 0 atom stereocenters. The number of amides is 1. The van der Waals surface area contributed by atoms with Crippen LogP contribution in [0.2, 0.25) is 0 Å². The Bertz CT molecular complexity index is 942. The number of methoxy groups -OCH3 is 1. The molecule has 1 N–H and O–H groups in total. The van der Waals surface area contributed by atoms with Crippen LogP contribution in [-0.2, 0) is 23.0 Å². The van der Waals surface area contributed by atoms with Crippen molar-refractivity contribution in [2.75, 3.05) is 20.3 Å². The summed E-state index contributed by atoms with van der Waals surface area (Å²) >= 11 is 1.30. The van der Waals surface area contributed by atoms with Gasteiger partial charge >= 0.3 is 5.97 Å². The van der Waals surface area contributed by atoms with Crippen LogP contribution in [0.5, 0.6) is 5.75 Å². The van der Waals surface area contributed by atoms with Crippen LogP contribution in [0.25, 0.3) is 10.2 Å². The highest BCUT2D eigenvalue weighted by Gasteiger charge is 2.17. The quantitative estimate of drug-likeness (QED) is 0.630. The molecule has 3 rings (SSSR count). The second kappa shape index (κ2) is 8.22.